The standard InChI is InChI=1S/C26H32ClN3O3/c27-23-12-6-4-8-19(23)18-33-24-13-7-5-11-22(24)25(31)30-16-14-21(15-17-30)29-26(32)28-20-9-2-1-3-10-20/h4-8,11-13,20-21H,1-3,9-10,14-18H2,(H2,28,29,32). The predicted molar refractivity (Wildman–Crippen MR) is 130 cm³/mol. The number of rotatable bonds is 6. The van der Waals surface area contributed by atoms with E-state index < -0.39 is 0 Å². The summed E-state index contributed by atoms with van der Waals surface area (Å²) in [5.41, 5.74) is 1.42. The number of amides is 3. The zero-order valence-corrected chi connectivity index (χ0v) is 19.7. The summed E-state index contributed by atoms with van der Waals surface area (Å²) in [6.07, 6.45) is 7.26. The van der Waals surface area contributed by atoms with Crippen molar-refractivity contribution < 1.29 is 14.3 Å². The molecule has 2 fully saturated rings. The summed E-state index contributed by atoms with van der Waals surface area (Å²) in [6, 6.07) is 15.1. The first-order valence-electron chi connectivity index (χ1n) is 11.9. The van der Waals surface area contributed by atoms with Gasteiger partial charge in [-0.15, -0.1) is 0 Å². The number of ether oxygens (including phenoxy) is 1. The maximum atomic E-state index is 13.2. The Kier molecular flexibility index (Phi) is 8.10. The fraction of sp³-hybridized carbons (Fsp3) is 0.462. The topological polar surface area (TPSA) is 70.7 Å². The lowest BCUT2D eigenvalue weighted by Crippen LogP contribution is -2.51. The number of likely N-dealkylation sites (tertiary alicyclic amines) is 1. The highest BCUT2D eigenvalue weighted by atomic mass is 35.5. The summed E-state index contributed by atoms with van der Waals surface area (Å²) >= 11 is 6.23. The molecule has 2 aromatic rings. The largest absolute Gasteiger partial charge is 0.488 e. The Morgan fingerprint density at radius 2 is 1.52 bits per heavy atom. The van der Waals surface area contributed by atoms with Crippen molar-refractivity contribution in [2.75, 3.05) is 13.1 Å². The van der Waals surface area contributed by atoms with E-state index in [1.807, 2.05) is 47.4 Å². The quantitative estimate of drug-likeness (QED) is 0.614. The highest BCUT2D eigenvalue weighted by Crippen LogP contribution is 2.25. The molecule has 4 rings (SSSR count). The lowest BCUT2D eigenvalue weighted by atomic mass is 9.96. The number of carbonyl (C=O) groups is 2. The Labute approximate surface area is 200 Å². The van der Waals surface area contributed by atoms with Gasteiger partial charge in [0.05, 0.1) is 5.56 Å². The molecule has 2 aromatic carbocycles. The molecule has 0 bridgehead atoms. The summed E-state index contributed by atoms with van der Waals surface area (Å²) in [6.45, 7) is 1.50. The van der Waals surface area contributed by atoms with Crippen LogP contribution in [-0.2, 0) is 6.61 Å². The number of hydrogen-bond donors (Lipinski definition) is 2. The number of nitrogens with zero attached hydrogens (tertiary/aromatic N) is 1. The van der Waals surface area contributed by atoms with Crippen LogP contribution >= 0.6 is 11.6 Å². The number of urea groups is 1. The molecule has 33 heavy (non-hydrogen) atoms. The Morgan fingerprint density at radius 3 is 2.24 bits per heavy atom. The number of halogens is 1. The highest BCUT2D eigenvalue weighted by molar-refractivity contribution is 6.31. The minimum atomic E-state index is -0.0787. The van der Waals surface area contributed by atoms with E-state index in [9.17, 15) is 9.59 Å². The van der Waals surface area contributed by atoms with Crippen molar-refractivity contribution in [3.63, 3.8) is 0 Å². The molecule has 0 aromatic heterocycles. The van der Waals surface area contributed by atoms with Gasteiger partial charge in [-0.25, -0.2) is 4.79 Å². The summed E-state index contributed by atoms with van der Waals surface area (Å²) in [5, 5.41) is 6.85. The number of hydrogen-bond acceptors (Lipinski definition) is 3. The van der Waals surface area contributed by atoms with Gasteiger partial charge < -0.3 is 20.3 Å². The molecule has 0 atom stereocenters. The molecule has 7 heteroatoms. The maximum Gasteiger partial charge on any atom is 0.315 e. The molecule has 1 aliphatic carbocycles. The molecule has 0 radical (unpaired) electrons. The van der Waals surface area contributed by atoms with Crippen molar-refractivity contribution in [2.24, 2.45) is 0 Å². The van der Waals surface area contributed by atoms with Gasteiger partial charge in [-0.2, -0.15) is 0 Å². The Morgan fingerprint density at radius 1 is 0.879 bits per heavy atom. The Hall–Kier alpha value is -2.73. The summed E-state index contributed by atoms with van der Waals surface area (Å²) in [5.74, 6) is 0.504. The van der Waals surface area contributed by atoms with Crippen LogP contribution in [0, 0.1) is 0 Å². The first-order valence-corrected chi connectivity index (χ1v) is 12.3. The van der Waals surface area contributed by atoms with E-state index in [0.29, 0.717) is 42.1 Å². The molecule has 1 aliphatic heterocycles. The lowest BCUT2D eigenvalue weighted by molar-refractivity contribution is 0.0703. The Bertz CT molecular complexity index is 953. The van der Waals surface area contributed by atoms with Crippen molar-refractivity contribution in [3.8, 4) is 5.75 Å². The van der Waals surface area contributed by atoms with Gasteiger partial charge in [0.25, 0.3) is 5.91 Å². The van der Waals surface area contributed by atoms with Gasteiger partial charge in [0.1, 0.15) is 12.4 Å². The van der Waals surface area contributed by atoms with Crippen molar-refractivity contribution in [1.29, 1.82) is 0 Å². The summed E-state index contributed by atoms with van der Waals surface area (Å²) < 4.78 is 5.96. The summed E-state index contributed by atoms with van der Waals surface area (Å²) in [4.78, 5) is 27.4. The van der Waals surface area contributed by atoms with Crippen molar-refractivity contribution in [3.05, 3.63) is 64.7 Å². The molecule has 0 spiro atoms. The third-order valence-corrected chi connectivity index (χ3v) is 6.88. The molecule has 1 saturated heterocycles. The first-order chi connectivity index (χ1) is 16.1. The number of piperidine rings is 1. The van der Waals surface area contributed by atoms with Crippen LogP contribution in [0.2, 0.25) is 5.02 Å². The lowest BCUT2D eigenvalue weighted by Gasteiger charge is -2.33. The monoisotopic (exact) mass is 469 g/mol. The van der Waals surface area contributed by atoms with E-state index in [4.69, 9.17) is 16.3 Å². The van der Waals surface area contributed by atoms with Crippen molar-refractivity contribution in [1.82, 2.24) is 15.5 Å². The predicted octanol–water partition coefficient (Wildman–Crippen LogP) is 5.16. The van der Waals surface area contributed by atoms with Crippen LogP contribution in [0.15, 0.2) is 48.5 Å². The van der Waals surface area contributed by atoms with E-state index in [-0.39, 0.29) is 18.0 Å². The highest BCUT2D eigenvalue weighted by Gasteiger charge is 2.27. The van der Waals surface area contributed by atoms with Crippen molar-refractivity contribution >= 4 is 23.5 Å². The van der Waals surface area contributed by atoms with Gasteiger partial charge in [0.2, 0.25) is 0 Å². The second-order valence-corrected chi connectivity index (χ2v) is 9.30. The molecular formula is C26H32ClN3O3. The maximum absolute atomic E-state index is 13.2. The van der Waals surface area contributed by atoms with Crippen LogP contribution in [0.3, 0.4) is 0 Å². The van der Waals surface area contributed by atoms with Crippen LogP contribution in [0.5, 0.6) is 5.75 Å². The van der Waals surface area contributed by atoms with Gasteiger partial charge in [0, 0.05) is 35.8 Å². The van der Waals surface area contributed by atoms with E-state index in [1.165, 1.54) is 19.3 Å². The molecular weight excluding hydrogens is 438 g/mol. The van der Waals surface area contributed by atoms with Crippen LogP contribution in [-0.4, -0.2) is 42.0 Å². The SMILES string of the molecule is O=C(NC1CCCCC1)NC1CCN(C(=O)c2ccccc2OCc2ccccc2Cl)CC1. The molecule has 3 amide bonds. The molecule has 1 heterocycles. The molecule has 0 unspecified atom stereocenters. The first kappa shape index (κ1) is 23.4. The third kappa shape index (κ3) is 6.41. The normalized spacial score (nSPS) is 17.4. The molecule has 2 N–H and O–H groups in total. The molecule has 1 saturated carbocycles. The minimum absolute atomic E-state index is 0.0464. The summed E-state index contributed by atoms with van der Waals surface area (Å²) in [7, 11) is 0. The molecule has 6 nitrogen and oxygen atoms in total. The van der Waals surface area contributed by atoms with Crippen molar-refractivity contribution in [2.45, 2.75) is 63.6 Å². The minimum Gasteiger partial charge on any atom is -0.488 e. The fourth-order valence-electron chi connectivity index (χ4n) is 4.60. The second-order valence-electron chi connectivity index (χ2n) is 8.90. The van der Waals surface area contributed by atoms with E-state index in [1.54, 1.807) is 6.07 Å². The molecule has 176 valence electrons. The number of para-hydroxylation sites is 1. The van der Waals surface area contributed by atoms with Gasteiger partial charge in [-0.1, -0.05) is 61.2 Å². The smallest absolute Gasteiger partial charge is 0.315 e. The average Bonchev–Trinajstić information content (AvgIpc) is 2.84. The van der Waals surface area contributed by atoms with Crippen LogP contribution in [0.4, 0.5) is 4.79 Å². The van der Waals surface area contributed by atoms with E-state index in [2.05, 4.69) is 10.6 Å². The van der Waals surface area contributed by atoms with Gasteiger partial charge in [-0.3, -0.25) is 4.79 Å². The van der Waals surface area contributed by atoms with Gasteiger partial charge in [0.15, 0.2) is 0 Å². The van der Waals surface area contributed by atoms with Crippen LogP contribution in [0.25, 0.3) is 0 Å². The van der Waals surface area contributed by atoms with E-state index >= 15 is 0 Å². The second kappa shape index (κ2) is 11.4. The zero-order chi connectivity index (χ0) is 23.0. The number of carbonyl (C=O) groups excluding carboxylic acids is 2. The molecule has 2 aliphatic rings. The zero-order valence-electron chi connectivity index (χ0n) is 18.9. The number of nitrogens with one attached hydrogen (secondary N) is 2. The van der Waals surface area contributed by atoms with E-state index in [0.717, 1.165) is 31.2 Å². The Balaban J connectivity index is 1.29. The fourth-order valence-corrected chi connectivity index (χ4v) is 4.79. The van der Waals surface area contributed by atoms with Crippen LogP contribution < -0.4 is 15.4 Å². The number of benzene rings is 2. The third-order valence-electron chi connectivity index (χ3n) is 6.52. The van der Waals surface area contributed by atoms with Gasteiger partial charge in [-0.05, 0) is 43.9 Å². The average molecular weight is 470 g/mol. The van der Waals surface area contributed by atoms with Gasteiger partial charge >= 0.3 is 6.03 Å². The van der Waals surface area contributed by atoms with Crippen LogP contribution in [0.1, 0.15) is 60.9 Å².